The third kappa shape index (κ3) is 6.04. The zero-order chi connectivity index (χ0) is 30.6. The molecule has 0 amide bonds. The summed E-state index contributed by atoms with van der Waals surface area (Å²) in [4.78, 5) is 9.84. The maximum absolute atomic E-state index is 6.14. The van der Waals surface area contributed by atoms with Gasteiger partial charge >= 0.3 is 0 Å². The summed E-state index contributed by atoms with van der Waals surface area (Å²) in [6.45, 7) is 5.50. The van der Waals surface area contributed by atoms with Crippen LogP contribution in [0.25, 0.3) is 11.1 Å². The van der Waals surface area contributed by atoms with E-state index in [4.69, 9.17) is 19.5 Å². The van der Waals surface area contributed by atoms with Gasteiger partial charge in [0.15, 0.2) is 0 Å². The average Bonchev–Trinajstić information content (AvgIpc) is 3.78. The summed E-state index contributed by atoms with van der Waals surface area (Å²) in [5, 5.41) is 7.41. The minimum atomic E-state index is -0.0146. The summed E-state index contributed by atoms with van der Waals surface area (Å²) in [6, 6.07) is 43.6. The fraction of sp³-hybridized carbons (Fsp3) is 0.179. The molecule has 2 heterocycles. The highest BCUT2D eigenvalue weighted by Crippen LogP contribution is 2.38. The van der Waals surface area contributed by atoms with Crippen LogP contribution in [0.5, 0.6) is 0 Å². The Hall–Kier alpha value is -5.36. The molecule has 2 atom stereocenters. The highest BCUT2D eigenvalue weighted by molar-refractivity contribution is 6.03. The first-order chi connectivity index (χ1) is 22.1. The van der Waals surface area contributed by atoms with Gasteiger partial charge in [0.05, 0.1) is 28.5 Å². The minimum absolute atomic E-state index is 0.0146. The predicted octanol–water partition coefficient (Wildman–Crippen LogP) is 9.16. The van der Waals surface area contributed by atoms with Crippen LogP contribution in [-0.2, 0) is 9.47 Å². The van der Waals surface area contributed by atoms with Crippen LogP contribution in [0.1, 0.15) is 36.6 Å². The van der Waals surface area contributed by atoms with Gasteiger partial charge in [-0.2, -0.15) is 0 Å². The Morgan fingerprint density at radius 1 is 0.511 bits per heavy atom. The average molecular weight is 593 g/mol. The van der Waals surface area contributed by atoms with Gasteiger partial charge in [0.1, 0.15) is 19.3 Å². The van der Waals surface area contributed by atoms with Crippen molar-refractivity contribution in [3.05, 3.63) is 144 Å². The van der Waals surface area contributed by atoms with Crippen molar-refractivity contribution in [3.63, 3.8) is 0 Å². The Balaban J connectivity index is 1.20. The lowest BCUT2D eigenvalue weighted by molar-refractivity contribution is 0.292. The zero-order valence-corrected chi connectivity index (χ0v) is 25.5. The number of hydrogen-bond donors (Lipinski definition) is 2. The Morgan fingerprint density at radius 3 is 1.44 bits per heavy atom. The SMILES string of the molecule is CC(C)[C@H]1COC(c2ccccc2Nc2ccccc2-c2ccccc2Nc2ccccc2C2=N[C@H](c3ccccc3)CO2)=N1. The molecule has 0 saturated carbocycles. The second kappa shape index (κ2) is 12.7. The monoisotopic (exact) mass is 592 g/mol. The van der Waals surface area contributed by atoms with Crippen molar-refractivity contribution in [1.82, 2.24) is 0 Å². The number of para-hydroxylation sites is 4. The molecule has 5 aromatic rings. The normalized spacial score (nSPS) is 17.3. The van der Waals surface area contributed by atoms with E-state index in [2.05, 4.69) is 109 Å². The maximum atomic E-state index is 6.14. The number of hydrogen-bond acceptors (Lipinski definition) is 6. The van der Waals surface area contributed by atoms with E-state index >= 15 is 0 Å². The molecular weight excluding hydrogens is 556 g/mol. The van der Waals surface area contributed by atoms with Crippen LogP contribution in [0.2, 0.25) is 0 Å². The van der Waals surface area contributed by atoms with Crippen LogP contribution in [0, 0.1) is 5.92 Å². The lowest BCUT2D eigenvalue weighted by Crippen LogP contribution is -2.13. The molecule has 5 aromatic carbocycles. The molecule has 224 valence electrons. The highest BCUT2D eigenvalue weighted by Gasteiger charge is 2.25. The van der Waals surface area contributed by atoms with E-state index in [9.17, 15) is 0 Å². The number of aliphatic imine (C=N–C) groups is 2. The van der Waals surface area contributed by atoms with Crippen molar-refractivity contribution >= 4 is 34.5 Å². The van der Waals surface area contributed by atoms with Gasteiger partial charge < -0.3 is 20.1 Å². The summed E-state index contributed by atoms with van der Waals surface area (Å²) in [5.41, 5.74) is 9.04. The largest absolute Gasteiger partial charge is 0.475 e. The van der Waals surface area contributed by atoms with Gasteiger partial charge in [-0.25, -0.2) is 9.98 Å². The van der Waals surface area contributed by atoms with Crippen molar-refractivity contribution in [2.75, 3.05) is 23.8 Å². The molecule has 7 rings (SSSR count). The fourth-order valence-corrected chi connectivity index (χ4v) is 5.75. The Labute approximate surface area is 264 Å². The summed E-state index contributed by atoms with van der Waals surface area (Å²) in [7, 11) is 0. The molecule has 6 nitrogen and oxygen atoms in total. The second-order valence-corrected chi connectivity index (χ2v) is 11.7. The summed E-state index contributed by atoms with van der Waals surface area (Å²) in [6.07, 6.45) is 0. The zero-order valence-electron chi connectivity index (χ0n) is 25.5. The predicted molar refractivity (Wildman–Crippen MR) is 184 cm³/mol. The van der Waals surface area contributed by atoms with Gasteiger partial charge in [-0.05, 0) is 47.9 Å². The molecule has 0 aliphatic carbocycles. The van der Waals surface area contributed by atoms with Crippen molar-refractivity contribution in [2.24, 2.45) is 15.9 Å². The summed E-state index contributed by atoms with van der Waals surface area (Å²) in [5.74, 6) is 1.77. The Morgan fingerprint density at radius 2 is 0.933 bits per heavy atom. The Kier molecular flexibility index (Phi) is 8.02. The molecule has 6 heteroatoms. The fourth-order valence-electron chi connectivity index (χ4n) is 5.75. The third-order valence-corrected chi connectivity index (χ3v) is 8.28. The van der Waals surface area contributed by atoms with Gasteiger partial charge in [-0.3, -0.25) is 0 Å². The first kappa shape index (κ1) is 28.4. The number of nitrogens with one attached hydrogen (secondary N) is 2. The Bertz CT molecular complexity index is 1860. The first-order valence-corrected chi connectivity index (χ1v) is 15.5. The van der Waals surface area contributed by atoms with Gasteiger partial charge in [0, 0.05) is 22.5 Å². The summed E-state index contributed by atoms with van der Waals surface area (Å²) >= 11 is 0. The maximum Gasteiger partial charge on any atom is 0.219 e. The number of benzene rings is 5. The second-order valence-electron chi connectivity index (χ2n) is 11.7. The molecule has 0 fully saturated rings. The molecule has 0 bridgehead atoms. The lowest BCUT2D eigenvalue weighted by atomic mass is 10.0. The molecule has 2 aliphatic heterocycles. The van der Waals surface area contributed by atoms with Crippen molar-refractivity contribution in [3.8, 4) is 11.1 Å². The molecule has 45 heavy (non-hydrogen) atoms. The molecule has 0 aromatic heterocycles. The number of anilines is 4. The van der Waals surface area contributed by atoms with Crippen LogP contribution in [0.15, 0.2) is 137 Å². The summed E-state index contributed by atoms with van der Waals surface area (Å²) < 4.78 is 12.2. The van der Waals surface area contributed by atoms with Crippen molar-refractivity contribution < 1.29 is 9.47 Å². The van der Waals surface area contributed by atoms with Crippen LogP contribution in [0.3, 0.4) is 0 Å². The standard InChI is InChI=1S/C39H36N4O2/c1-26(2)36-24-44-38(42-36)30-18-8-12-22-34(30)40-32-20-10-6-16-28(32)29-17-7-11-21-33(29)41-35-23-13-9-19-31(35)39-43-37(25-45-39)27-14-4-3-5-15-27/h3-23,26,36-37,40-41H,24-25H2,1-2H3/t36-,37+/m1/s1. The number of rotatable bonds is 9. The number of nitrogens with zero attached hydrogens (tertiary/aromatic N) is 2. The first-order valence-electron chi connectivity index (χ1n) is 15.5. The topological polar surface area (TPSA) is 67.2 Å². The van der Waals surface area contributed by atoms with E-state index in [1.54, 1.807) is 0 Å². The molecule has 2 aliphatic rings. The van der Waals surface area contributed by atoms with Gasteiger partial charge in [-0.1, -0.05) is 105 Å². The van der Waals surface area contributed by atoms with Crippen molar-refractivity contribution in [1.29, 1.82) is 0 Å². The van der Waals surface area contributed by atoms with E-state index < -0.39 is 0 Å². The van der Waals surface area contributed by atoms with E-state index in [1.807, 2.05) is 42.5 Å². The van der Waals surface area contributed by atoms with Crippen LogP contribution < -0.4 is 10.6 Å². The quantitative estimate of drug-likeness (QED) is 0.179. The highest BCUT2D eigenvalue weighted by atomic mass is 16.5. The number of ether oxygens (including phenoxy) is 2. The van der Waals surface area contributed by atoms with E-state index in [-0.39, 0.29) is 12.1 Å². The van der Waals surface area contributed by atoms with Crippen molar-refractivity contribution in [2.45, 2.75) is 25.9 Å². The molecule has 0 unspecified atom stereocenters. The van der Waals surface area contributed by atoms with Crippen LogP contribution in [-0.4, -0.2) is 31.1 Å². The molecule has 0 radical (unpaired) electrons. The third-order valence-electron chi connectivity index (χ3n) is 8.28. The van der Waals surface area contributed by atoms with E-state index in [0.29, 0.717) is 30.9 Å². The van der Waals surface area contributed by atoms with Gasteiger partial charge in [0.2, 0.25) is 11.8 Å². The molecule has 0 spiro atoms. The molecular formula is C39H36N4O2. The van der Waals surface area contributed by atoms with Crippen LogP contribution >= 0.6 is 0 Å². The smallest absolute Gasteiger partial charge is 0.219 e. The molecule has 2 N–H and O–H groups in total. The van der Waals surface area contributed by atoms with Crippen LogP contribution in [0.4, 0.5) is 22.7 Å². The van der Waals surface area contributed by atoms with Gasteiger partial charge in [-0.15, -0.1) is 0 Å². The van der Waals surface area contributed by atoms with E-state index in [1.165, 1.54) is 0 Å². The van der Waals surface area contributed by atoms with Gasteiger partial charge in [0.25, 0.3) is 0 Å². The van der Waals surface area contributed by atoms with E-state index in [0.717, 1.165) is 50.6 Å². The lowest BCUT2D eigenvalue weighted by Gasteiger charge is -2.19. The molecule has 0 saturated heterocycles. The minimum Gasteiger partial charge on any atom is -0.475 e.